The van der Waals surface area contributed by atoms with Gasteiger partial charge in [0.2, 0.25) is 0 Å². The predicted molar refractivity (Wildman–Crippen MR) is 71.0 cm³/mol. The molecule has 1 N–H and O–H groups in total. The largest absolute Gasteiger partial charge is 0.354 e. The third-order valence-corrected chi connectivity index (χ3v) is 3.87. The van der Waals surface area contributed by atoms with Gasteiger partial charge in [-0.05, 0) is 37.6 Å². The fourth-order valence-electron chi connectivity index (χ4n) is 2.99. The van der Waals surface area contributed by atoms with Crippen LogP contribution in [0.25, 0.3) is 0 Å². The molecule has 0 aromatic heterocycles. The summed E-state index contributed by atoms with van der Waals surface area (Å²) in [6, 6.07) is 0.340. The third-order valence-electron chi connectivity index (χ3n) is 3.87. The predicted octanol–water partition coefficient (Wildman–Crippen LogP) is 2.80. The van der Waals surface area contributed by atoms with Gasteiger partial charge in [0.25, 0.3) is 0 Å². The highest BCUT2D eigenvalue weighted by Gasteiger charge is 2.32. The minimum absolute atomic E-state index is 0.114. The molecule has 0 aromatic carbocycles. The van der Waals surface area contributed by atoms with Crippen LogP contribution >= 0.6 is 0 Å². The molecule has 3 heteroatoms. The molecule has 0 bridgehead atoms. The van der Waals surface area contributed by atoms with Crippen LogP contribution in [-0.4, -0.2) is 33.1 Å². The minimum atomic E-state index is -0.114. The normalized spacial score (nSPS) is 27.4. The van der Waals surface area contributed by atoms with E-state index in [1.807, 2.05) is 0 Å². The SMILES string of the molecule is CCCNC(C1CCCC(C)C1)C(OC)OC. The Bertz CT molecular complexity index is 195. The van der Waals surface area contributed by atoms with E-state index in [0.717, 1.165) is 18.9 Å². The molecule has 0 saturated heterocycles. The number of nitrogens with one attached hydrogen (secondary N) is 1. The smallest absolute Gasteiger partial charge is 0.172 e. The van der Waals surface area contributed by atoms with E-state index in [4.69, 9.17) is 9.47 Å². The summed E-state index contributed by atoms with van der Waals surface area (Å²) in [5.41, 5.74) is 0. The summed E-state index contributed by atoms with van der Waals surface area (Å²) in [6.07, 6.45) is 6.35. The summed E-state index contributed by atoms with van der Waals surface area (Å²) < 4.78 is 10.9. The van der Waals surface area contributed by atoms with Gasteiger partial charge in [0.05, 0.1) is 6.04 Å². The van der Waals surface area contributed by atoms with Crippen LogP contribution in [0, 0.1) is 11.8 Å². The van der Waals surface area contributed by atoms with Gasteiger partial charge in [-0.2, -0.15) is 0 Å². The highest BCUT2D eigenvalue weighted by molar-refractivity contribution is 4.83. The summed E-state index contributed by atoms with van der Waals surface area (Å²) in [7, 11) is 3.47. The first-order chi connectivity index (χ1) is 8.22. The van der Waals surface area contributed by atoms with Gasteiger partial charge >= 0.3 is 0 Å². The fourth-order valence-corrected chi connectivity index (χ4v) is 2.99. The Labute approximate surface area is 106 Å². The zero-order chi connectivity index (χ0) is 12.7. The lowest BCUT2D eigenvalue weighted by Crippen LogP contribution is -2.48. The van der Waals surface area contributed by atoms with Crippen LogP contribution in [0.3, 0.4) is 0 Å². The van der Waals surface area contributed by atoms with Crippen molar-refractivity contribution in [2.75, 3.05) is 20.8 Å². The van der Waals surface area contributed by atoms with Crippen LogP contribution in [0.1, 0.15) is 46.0 Å². The van der Waals surface area contributed by atoms with E-state index in [1.54, 1.807) is 14.2 Å². The Balaban J connectivity index is 2.59. The molecule has 102 valence electrons. The van der Waals surface area contributed by atoms with Gasteiger partial charge in [0, 0.05) is 14.2 Å². The van der Waals surface area contributed by atoms with E-state index >= 15 is 0 Å². The van der Waals surface area contributed by atoms with Crippen molar-refractivity contribution in [2.45, 2.75) is 58.3 Å². The highest BCUT2D eigenvalue weighted by atomic mass is 16.7. The summed E-state index contributed by atoms with van der Waals surface area (Å²) in [5.74, 6) is 1.53. The highest BCUT2D eigenvalue weighted by Crippen LogP contribution is 2.32. The van der Waals surface area contributed by atoms with Crippen LogP contribution in [-0.2, 0) is 9.47 Å². The molecule has 3 nitrogen and oxygen atoms in total. The zero-order valence-corrected chi connectivity index (χ0v) is 11.9. The first kappa shape index (κ1) is 14.9. The maximum Gasteiger partial charge on any atom is 0.172 e. The number of rotatable bonds is 7. The average molecular weight is 243 g/mol. The van der Waals surface area contributed by atoms with Crippen LogP contribution < -0.4 is 5.32 Å². The Morgan fingerprint density at radius 1 is 1.24 bits per heavy atom. The van der Waals surface area contributed by atoms with Crippen LogP contribution in [0.4, 0.5) is 0 Å². The summed E-state index contributed by atoms with van der Waals surface area (Å²) >= 11 is 0. The standard InChI is InChI=1S/C14H29NO2/c1-5-9-15-13(14(16-3)17-4)12-8-6-7-11(2)10-12/h11-15H,5-10H2,1-4H3. The Morgan fingerprint density at radius 2 is 1.94 bits per heavy atom. The van der Waals surface area contributed by atoms with E-state index in [2.05, 4.69) is 19.2 Å². The number of ether oxygens (including phenoxy) is 2. The fraction of sp³-hybridized carbons (Fsp3) is 1.00. The molecule has 0 amide bonds. The van der Waals surface area contributed by atoms with Crippen molar-refractivity contribution >= 4 is 0 Å². The van der Waals surface area contributed by atoms with Crippen molar-refractivity contribution in [2.24, 2.45) is 11.8 Å². The summed E-state index contributed by atoms with van der Waals surface area (Å²) in [4.78, 5) is 0. The molecule has 1 aliphatic carbocycles. The molecule has 3 atom stereocenters. The van der Waals surface area contributed by atoms with Gasteiger partial charge in [-0.15, -0.1) is 0 Å². The van der Waals surface area contributed by atoms with Crippen LogP contribution in [0.2, 0.25) is 0 Å². The van der Waals surface area contributed by atoms with Gasteiger partial charge in [-0.1, -0.05) is 26.7 Å². The maximum atomic E-state index is 5.46. The molecule has 0 aromatic rings. The molecule has 0 spiro atoms. The molecule has 1 rings (SSSR count). The summed E-state index contributed by atoms with van der Waals surface area (Å²) in [6.45, 7) is 5.60. The lowest BCUT2D eigenvalue weighted by Gasteiger charge is -2.37. The molecule has 1 saturated carbocycles. The van der Waals surface area contributed by atoms with Crippen molar-refractivity contribution in [3.63, 3.8) is 0 Å². The molecular weight excluding hydrogens is 214 g/mol. The zero-order valence-electron chi connectivity index (χ0n) is 11.9. The van der Waals surface area contributed by atoms with E-state index in [0.29, 0.717) is 12.0 Å². The molecule has 0 radical (unpaired) electrons. The number of hydrogen-bond acceptors (Lipinski definition) is 3. The molecule has 17 heavy (non-hydrogen) atoms. The van der Waals surface area contributed by atoms with Gasteiger partial charge in [0.15, 0.2) is 6.29 Å². The van der Waals surface area contributed by atoms with E-state index < -0.39 is 0 Å². The van der Waals surface area contributed by atoms with Crippen LogP contribution in [0.15, 0.2) is 0 Å². The monoisotopic (exact) mass is 243 g/mol. The third kappa shape index (κ3) is 4.57. The molecule has 0 aliphatic heterocycles. The van der Waals surface area contributed by atoms with Crippen molar-refractivity contribution in [3.8, 4) is 0 Å². The lowest BCUT2D eigenvalue weighted by atomic mass is 9.78. The second-order valence-electron chi connectivity index (χ2n) is 5.35. The lowest BCUT2D eigenvalue weighted by molar-refractivity contribution is -0.136. The minimum Gasteiger partial charge on any atom is -0.354 e. The molecular formula is C14H29NO2. The van der Waals surface area contributed by atoms with E-state index in [9.17, 15) is 0 Å². The molecule has 3 unspecified atom stereocenters. The first-order valence-electron chi connectivity index (χ1n) is 7.01. The Morgan fingerprint density at radius 3 is 2.47 bits per heavy atom. The quantitative estimate of drug-likeness (QED) is 0.697. The Kier molecular flexibility index (Phi) is 7.09. The van der Waals surface area contributed by atoms with Crippen molar-refractivity contribution in [3.05, 3.63) is 0 Å². The van der Waals surface area contributed by atoms with Gasteiger partial charge < -0.3 is 14.8 Å². The van der Waals surface area contributed by atoms with Crippen molar-refractivity contribution in [1.29, 1.82) is 0 Å². The first-order valence-corrected chi connectivity index (χ1v) is 7.01. The molecule has 0 heterocycles. The van der Waals surface area contributed by atoms with E-state index in [-0.39, 0.29) is 6.29 Å². The number of methoxy groups -OCH3 is 2. The van der Waals surface area contributed by atoms with Crippen molar-refractivity contribution in [1.82, 2.24) is 5.32 Å². The van der Waals surface area contributed by atoms with Crippen LogP contribution in [0.5, 0.6) is 0 Å². The van der Waals surface area contributed by atoms with Gasteiger partial charge in [0.1, 0.15) is 0 Å². The number of hydrogen-bond donors (Lipinski definition) is 1. The topological polar surface area (TPSA) is 30.5 Å². The second kappa shape index (κ2) is 8.06. The van der Waals surface area contributed by atoms with Gasteiger partial charge in [-0.3, -0.25) is 0 Å². The van der Waals surface area contributed by atoms with Gasteiger partial charge in [-0.25, -0.2) is 0 Å². The summed E-state index contributed by atoms with van der Waals surface area (Å²) in [5, 5.41) is 3.61. The van der Waals surface area contributed by atoms with E-state index in [1.165, 1.54) is 25.7 Å². The van der Waals surface area contributed by atoms with Crippen molar-refractivity contribution < 1.29 is 9.47 Å². The molecule has 1 aliphatic rings. The second-order valence-corrected chi connectivity index (χ2v) is 5.35. The Hall–Kier alpha value is -0.120. The maximum absolute atomic E-state index is 5.46. The molecule has 1 fully saturated rings. The average Bonchev–Trinajstić information content (AvgIpc) is 2.34.